The third-order valence-corrected chi connectivity index (χ3v) is 4.23. The lowest BCUT2D eigenvalue weighted by atomic mass is 10.1. The van der Waals surface area contributed by atoms with Gasteiger partial charge in [-0.2, -0.15) is 0 Å². The van der Waals surface area contributed by atoms with Crippen LogP contribution in [0.25, 0.3) is 21.8 Å². The topological polar surface area (TPSA) is 24.9 Å². The summed E-state index contributed by atoms with van der Waals surface area (Å²) in [4.78, 5) is 4.78. The van der Waals surface area contributed by atoms with Crippen LogP contribution in [0.15, 0.2) is 66.7 Å². The number of rotatable bonds is 2. The lowest BCUT2D eigenvalue weighted by molar-refractivity contribution is 1.37. The van der Waals surface area contributed by atoms with Crippen molar-refractivity contribution in [1.29, 1.82) is 0 Å². The van der Waals surface area contributed by atoms with Gasteiger partial charge in [-0.15, -0.1) is 12.4 Å². The molecular weight excluding hydrogens is 316 g/mol. The zero-order chi connectivity index (χ0) is 15.8. The van der Waals surface area contributed by atoms with Crippen molar-refractivity contribution >= 4 is 45.6 Å². The van der Waals surface area contributed by atoms with Crippen LogP contribution < -0.4 is 5.32 Å². The van der Waals surface area contributed by atoms with Gasteiger partial charge in [-0.3, -0.25) is 0 Å². The third kappa shape index (κ3) is 2.81. The predicted molar refractivity (Wildman–Crippen MR) is 106 cm³/mol. The molecule has 4 rings (SSSR count). The van der Waals surface area contributed by atoms with Crippen LogP contribution in [0, 0.1) is 13.8 Å². The molecule has 120 valence electrons. The average molecular weight is 335 g/mol. The minimum Gasteiger partial charge on any atom is -0.354 e. The highest BCUT2D eigenvalue weighted by molar-refractivity contribution is 6.08. The second kappa shape index (κ2) is 6.50. The average Bonchev–Trinajstić information content (AvgIpc) is 2.56. The molecule has 0 atom stereocenters. The lowest BCUT2D eigenvalue weighted by Gasteiger charge is -2.15. The molecule has 3 aromatic carbocycles. The fourth-order valence-corrected chi connectivity index (χ4v) is 3.06. The summed E-state index contributed by atoms with van der Waals surface area (Å²) in [6.07, 6.45) is 0. The van der Waals surface area contributed by atoms with Crippen LogP contribution in [0.2, 0.25) is 0 Å². The van der Waals surface area contributed by atoms with E-state index in [1.807, 2.05) is 12.1 Å². The van der Waals surface area contributed by atoms with Gasteiger partial charge in [-0.1, -0.05) is 54.1 Å². The summed E-state index contributed by atoms with van der Waals surface area (Å²) in [7, 11) is 0. The van der Waals surface area contributed by atoms with Crippen LogP contribution in [-0.2, 0) is 0 Å². The lowest BCUT2D eigenvalue weighted by Crippen LogP contribution is -1.97. The van der Waals surface area contributed by atoms with Crippen molar-refractivity contribution in [3.8, 4) is 0 Å². The largest absolute Gasteiger partial charge is 0.354 e. The predicted octanol–water partition coefficient (Wildman–Crippen LogP) is 6.17. The van der Waals surface area contributed by atoms with E-state index in [0.29, 0.717) is 0 Å². The Labute approximate surface area is 148 Å². The van der Waals surface area contributed by atoms with E-state index in [4.69, 9.17) is 4.98 Å². The van der Waals surface area contributed by atoms with E-state index >= 15 is 0 Å². The summed E-state index contributed by atoms with van der Waals surface area (Å²) in [6.45, 7) is 4.26. The van der Waals surface area contributed by atoms with Gasteiger partial charge in [0, 0.05) is 16.5 Å². The SMILES string of the molecule is Cc1ccc(Nc2c3ccccc3nc3ccccc23)c(C)c1.Cl. The molecule has 1 N–H and O–H groups in total. The van der Waals surface area contributed by atoms with Crippen LogP contribution in [-0.4, -0.2) is 4.98 Å². The summed E-state index contributed by atoms with van der Waals surface area (Å²) in [5.74, 6) is 0. The van der Waals surface area contributed by atoms with E-state index in [9.17, 15) is 0 Å². The van der Waals surface area contributed by atoms with Crippen molar-refractivity contribution in [2.45, 2.75) is 13.8 Å². The molecule has 0 aliphatic rings. The summed E-state index contributed by atoms with van der Waals surface area (Å²) >= 11 is 0. The van der Waals surface area contributed by atoms with Crippen LogP contribution in [0.4, 0.5) is 11.4 Å². The van der Waals surface area contributed by atoms with Gasteiger partial charge in [0.25, 0.3) is 0 Å². The van der Waals surface area contributed by atoms with Crippen LogP contribution in [0.5, 0.6) is 0 Å². The van der Waals surface area contributed by atoms with E-state index in [1.165, 1.54) is 11.1 Å². The number of fused-ring (bicyclic) bond motifs is 2. The maximum Gasteiger partial charge on any atom is 0.0730 e. The van der Waals surface area contributed by atoms with E-state index in [1.54, 1.807) is 0 Å². The van der Waals surface area contributed by atoms with Crippen molar-refractivity contribution in [2.24, 2.45) is 0 Å². The highest BCUT2D eigenvalue weighted by Gasteiger charge is 2.09. The summed E-state index contributed by atoms with van der Waals surface area (Å²) in [6, 6.07) is 23.1. The molecule has 0 aliphatic carbocycles. The van der Waals surface area contributed by atoms with Gasteiger partial charge in [0.2, 0.25) is 0 Å². The van der Waals surface area contributed by atoms with Gasteiger partial charge in [-0.05, 0) is 37.6 Å². The minimum absolute atomic E-state index is 0. The molecule has 2 nitrogen and oxygen atoms in total. The number of nitrogens with zero attached hydrogens (tertiary/aromatic N) is 1. The Bertz CT molecular complexity index is 971. The Morgan fingerprint density at radius 1 is 0.750 bits per heavy atom. The summed E-state index contributed by atoms with van der Waals surface area (Å²) < 4.78 is 0. The van der Waals surface area contributed by atoms with Crippen LogP contribution >= 0.6 is 12.4 Å². The van der Waals surface area contributed by atoms with Crippen molar-refractivity contribution in [2.75, 3.05) is 5.32 Å². The highest BCUT2D eigenvalue weighted by Crippen LogP contribution is 2.33. The summed E-state index contributed by atoms with van der Waals surface area (Å²) in [5, 5.41) is 5.93. The van der Waals surface area contributed by atoms with E-state index in [0.717, 1.165) is 33.2 Å². The number of halogens is 1. The maximum atomic E-state index is 4.78. The first-order chi connectivity index (χ1) is 11.2. The Hall–Kier alpha value is -2.58. The number of aromatic nitrogens is 1. The molecule has 0 saturated heterocycles. The molecule has 0 spiro atoms. The van der Waals surface area contributed by atoms with E-state index in [-0.39, 0.29) is 12.4 Å². The van der Waals surface area contributed by atoms with Gasteiger partial charge in [0.15, 0.2) is 0 Å². The maximum absolute atomic E-state index is 4.78. The Balaban J connectivity index is 0.00000169. The Morgan fingerprint density at radius 3 is 1.92 bits per heavy atom. The number of pyridine rings is 1. The van der Waals surface area contributed by atoms with Crippen molar-refractivity contribution < 1.29 is 0 Å². The molecule has 1 heterocycles. The zero-order valence-corrected chi connectivity index (χ0v) is 14.5. The number of nitrogens with one attached hydrogen (secondary N) is 1. The number of anilines is 2. The molecular formula is C21H19ClN2. The molecule has 0 fully saturated rings. The molecule has 3 heteroatoms. The number of hydrogen-bond donors (Lipinski definition) is 1. The molecule has 0 amide bonds. The fourth-order valence-electron chi connectivity index (χ4n) is 3.06. The van der Waals surface area contributed by atoms with Crippen LogP contribution in [0.3, 0.4) is 0 Å². The first kappa shape index (κ1) is 16.3. The molecule has 0 aliphatic heterocycles. The molecule has 1 aromatic heterocycles. The number of benzene rings is 3. The number of para-hydroxylation sites is 2. The fraction of sp³-hybridized carbons (Fsp3) is 0.0952. The molecule has 0 bridgehead atoms. The normalized spacial score (nSPS) is 10.6. The number of hydrogen-bond acceptors (Lipinski definition) is 2. The second-order valence-electron chi connectivity index (χ2n) is 5.96. The van der Waals surface area contributed by atoms with Gasteiger partial charge in [-0.25, -0.2) is 4.98 Å². The standard InChI is InChI=1S/C21H18N2.ClH/c1-14-11-12-18(15(2)13-14)23-21-16-7-3-5-9-19(16)22-20-10-6-4-8-17(20)21;/h3-13H,1-2H3,(H,22,23);1H. The Morgan fingerprint density at radius 2 is 1.33 bits per heavy atom. The number of aryl methyl sites for hydroxylation is 2. The first-order valence-corrected chi connectivity index (χ1v) is 7.84. The van der Waals surface area contributed by atoms with Gasteiger partial charge in [0.05, 0.1) is 16.7 Å². The van der Waals surface area contributed by atoms with E-state index < -0.39 is 0 Å². The third-order valence-electron chi connectivity index (χ3n) is 4.23. The van der Waals surface area contributed by atoms with Gasteiger partial charge < -0.3 is 5.32 Å². The van der Waals surface area contributed by atoms with Crippen LogP contribution in [0.1, 0.15) is 11.1 Å². The molecule has 0 radical (unpaired) electrons. The summed E-state index contributed by atoms with van der Waals surface area (Å²) in [5.41, 5.74) is 6.81. The van der Waals surface area contributed by atoms with Gasteiger partial charge in [0.1, 0.15) is 0 Å². The van der Waals surface area contributed by atoms with Crippen molar-refractivity contribution in [1.82, 2.24) is 4.98 Å². The molecule has 0 unspecified atom stereocenters. The van der Waals surface area contributed by atoms with Crippen molar-refractivity contribution in [3.63, 3.8) is 0 Å². The first-order valence-electron chi connectivity index (χ1n) is 7.84. The monoisotopic (exact) mass is 334 g/mol. The van der Waals surface area contributed by atoms with Gasteiger partial charge >= 0.3 is 0 Å². The highest BCUT2D eigenvalue weighted by atomic mass is 35.5. The molecule has 24 heavy (non-hydrogen) atoms. The Kier molecular flexibility index (Phi) is 4.41. The van der Waals surface area contributed by atoms with E-state index in [2.05, 4.69) is 73.8 Å². The second-order valence-corrected chi connectivity index (χ2v) is 5.96. The quantitative estimate of drug-likeness (QED) is 0.443. The smallest absolute Gasteiger partial charge is 0.0730 e. The zero-order valence-electron chi connectivity index (χ0n) is 13.7. The minimum atomic E-state index is 0. The van der Waals surface area contributed by atoms with Crippen molar-refractivity contribution in [3.05, 3.63) is 77.9 Å². The molecule has 0 saturated carbocycles. The molecule has 4 aromatic rings.